The third-order valence-corrected chi connectivity index (χ3v) is 5.02. The molecule has 1 aliphatic rings. The quantitative estimate of drug-likeness (QED) is 0.871. The standard InChI is InChI=1S/C12H14F3NO2S/c1-19(17,18)12-4-2-3-10(12)16-11-6-8(14)7(13)5-9(11)15/h5-6,10,12,16H,2-4H2,1H3. The Morgan fingerprint density at radius 1 is 1.11 bits per heavy atom. The summed E-state index contributed by atoms with van der Waals surface area (Å²) in [7, 11) is -3.26. The first-order chi connectivity index (χ1) is 8.79. The van der Waals surface area contributed by atoms with Gasteiger partial charge in [0.05, 0.1) is 10.9 Å². The molecule has 1 fully saturated rings. The van der Waals surface area contributed by atoms with Crippen LogP contribution < -0.4 is 5.32 Å². The normalized spacial score (nSPS) is 23.6. The predicted molar refractivity (Wildman–Crippen MR) is 66.2 cm³/mol. The monoisotopic (exact) mass is 293 g/mol. The molecule has 1 N–H and O–H groups in total. The van der Waals surface area contributed by atoms with Crippen LogP contribution in [0.2, 0.25) is 0 Å². The van der Waals surface area contributed by atoms with Crippen molar-refractivity contribution in [2.45, 2.75) is 30.6 Å². The van der Waals surface area contributed by atoms with Crippen LogP contribution in [0.4, 0.5) is 18.9 Å². The smallest absolute Gasteiger partial charge is 0.161 e. The van der Waals surface area contributed by atoms with Gasteiger partial charge >= 0.3 is 0 Å². The lowest BCUT2D eigenvalue weighted by Crippen LogP contribution is -2.34. The second kappa shape index (κ2) is 5.03. The molecule has 19 heavy (non-hydrogen) atoms. The highest BCUT2D eigenvalue weighted by Gasteiger charge is 2.35. The van der Waals surface area contributed by atoms with Crippen LogP contribution in [0.25, 0.3) is 0 Å². The third kappa shape index (κ3) is 3.02. The van der Waals surface area contributed by atoms with Crippen LogP contribution in [0.3, 0.4) is 0 Å². The Bertz CT molecular complexity index is 589. The number of nitrogens with one attached hydrogen (secondary N) is 1. The molecule has 1 saturated carbocycles. The van der Waals surface area contributed by atoms with Crippen LogP contribution >= 0.6 is 0 Å². The molecule has 0 radical (unpaired) electrons. The molecule has 1 aromatic rings. The van der Waals surface area contributed by atoms with Crippen LogP contribution in [0.1, 0.15) is 19.3 Å². The van der Waals surface area contributed by atoms with Crippen molar-refractivity contribution in [3.8, 4) is 0 Å². The van der Waals surface area contributed by atoms with Gasteiger partial charge in [-0.15, -0.1) is 0 Å². The van der Waals surface area contributed by atoms with Crippen LogP contribution in [-0.4, -0.2) is 26.0 Å². The first-order valence-electron chi connectivity index (χ1n) is 5.89. The van der Waals surface area contributed by atoms with Gasteiger partial charge in [0.25, 0.3) is 0 Å². The minimum atomic E-state index is -3.26. The van der Waals surface area contributed by atoms with E-state index in [0.717, 1.165) is 6.26 Å². The molecule has 106 valence electrons. The average molecular weight is 293 g/mol. The van der Waals surface area contributed by atoms with Gasteiger partial charge in [-0.3, -0.25) is 0 Å². The number of hydrogen-bond acceptors (Lipinski definition) is 3. The molecular weight excluding hydrogens is 279 g/mol. The fourth-order valence-corrected chi connectivity index (χ4v) is 3.83. The van der Waals surface area contributed by atoms with Crippen LogP contribution in [0, 0.1) is 17.5 Å². The molecule has 1 aliphatic carbocycles. The van der Waals surface area contributed by atoms with Gasteiger partial charge in [-0.1, -0.05) is 0 Å². The summed E-state index contributed by atoms with van der Waals surface area (Å²) in [6, 6.07) is 0.680. The number of benzene rings is 1. The van der Waals surface area contributed by atoms with Gasteiger partial charge in [0.2, 0.25) is 0 Å². The van der Waals surface area contributed by atoms with Gasteiger partial charge < -0.3 is 5.32 Å². The molecule has 0 heterocycles. The van der Waals surface area contributed by atoms with Crippen molar-refractivity contribution < 1.29 is 21.6 Å². The van der Waals surface area contributed by atoms with Gasteiger partial charge in [-0.05, 0) is 19.3 Å². The Morgan fingerprint density at radius 3 is 2.37 bits per heavy atom. The number of rotatable bonds is 3. The molecule has 2 atom stereocenters. The Kier molecular flexibility index (Phi) is 3.75. The van der Waals surface area contributed by atoms with Crippen molar-refractivity contribution >= 4 is 15.5 Å². The minimum absolute atomic E-state index is 0.209. The Balaban J connectivity index is 2.24. The maximum atomic E-state index is 13.5. The highest BCUT2D eigenvalue weighted by Crippen LogP contribution is 2.29. The summed E-state index contributed by atoms with van der Waals surface area (Å²) in [6.45, 7) is 0. The van der Waals surface area contributed by atoms with E-state index in [1.54, 1.807) is 0 Å². The second-order valence-corrected chi connectivity index (χ2v) is 7.06. The zero-order chi connectivity index (χ0) is 14.2. The highest BCUT2D eigenvalue weighted by atomic mass is 32.2. The van der Waals surface area contributed by atoms with Crippen LogP contribution in [0.15, 0.2) is 12.1 Å². The minimum Gasteiger partial charge on any atom is -0.379 e. The fraction of sp³-hybridized carbons (Fsp3) is 0.500. The van der Waals surface area contributed by atoms with Crippen molar-refractivity contribution in [3.05, 3.63) is 29.6 Å². The maximum absolute atomic E-state index is 13.5. The van der Waals surface area contributed by atoms with Gasteiger partial charge in [-0.2, -0.15) is 0 Å². The number of hydrogen-bond donors (Lipinski definition) is 1. The summed E-state index contributed by atoms with van der Waals surface area (Å²) in [5.74, 6) is -3.37. The summed E-state index contributed by atoms with van der Waals surface area (Å²) in [5, 5.41) is 2.05. The first-order valence-corrected chi connectivity index (χ1v) is 7.84. The highest BCUT2D eigenvalue weighted by molar-refractivity contribution is 7.91. The summed E-state index contributed by atoms with van der Waals surface area (Å²) in [6.07, 6.45) is 2.86. The number of anilines is 1. The molecule has 1 aromatic carbocycles. The molecule has 0 aromatic heterocycles. The molecule has 0 amide bonds. The largest absolute Gasteiger partial charge is 0.379 e. The third-order valence-electron chi connectivity index (χ3n) is 3.35. The zero-order valence-corrected chi connectivity index (χ0v) is 11.1. The summed E-state index contributed by atoms with van der Waals surface area (Å²) < 4.78 is 62.5. The Labute approximate surface area is 109 Å². The number of halogens is 3. The van der Waals surface area contributed by atoms with Crippen LogP contribution in [0.5, 0.6) is 0 Å². The van der Waals surface area contributed by atoms with E-state index in [2.05, 4.69) is 5.32 Å². The van der Waals surface area contributed by atoms with E-state index >= 15 is 0 Å². The molecule has 7 heteroatoms. The van der Waals surface area contributed by atoms with E-state index in [0.29, 0.717) is 31.4 Å². The summed E-state index contributed by atoms with van der Waals surface area (Å²) >= 11 is 0. The molecule has 0 aliphatic heterocycles. The summed E-state index contributed by atoms with van der Waals surface area (Å²) in [4.78, 5) is 0. The number of sulfone groups is 1. The topological polar surface area (TPSA) is 46.2 Å². The molecule has 2 rings (SSSR count). The van der Waals surface area contributed by atoms with E-state index in [4.69, 9.17) is 0 Å². The van der Waals surface area contributed by atoms with Crippen molar-refractivity contribution in [2.75, 3.05) is 11.6 Å². The van der Waals surface area contributed by atoms with Crippen molar-refractivity contribution in [3.63, 3.8) is 0 Å². The SMILES string of the molecule is CS(=O)(=O)C1CCCC1Nc1cc(F)c(F)cc1F. The Morgan fingerprint density at radius 2 is 1.74 bits per heavy atom. The average Bonchev–Trinajstić information content (AvgIpc) is 2.73. The van der Waals surface area contributed by atoms with Gasteiger partial charge in [-0.25, -0.2) is 21.6 Å². The predicted octanol–water partition coefficient (Wildman–Crippen LogP) is 2.48. The lowest BCUT2D eigenvalue weighted by Gasteiger charge is -2.21. The first kappa shape index (κ1) is 14.2. The van der Waals surface area contributed by atoms with E-state index in [1.165, 1.54) is 0 Å². The molecule has 3 nitrogen and oxygen atoms in total. The lowest BCUT2D eigenvalue weighted by atomic mass is 10.2. The van der Waals surface area contributed by atoms with Gasteiger partial charge in [0, 0.05) is 24.4 Å². The zero-order valence-electron chi connectivity index (χ0n) is 10.3. The van der Waals surface area contributed by atoms with E-state index < -0.39 is 38.6 Å². The molecular formula is C12H14F3NO2S. The van der Waals surface area contributed by atoms with Crippen molar-refractivity contribution in [2.24, 2.45) is 0 Å². The van der Waals surface area contributed by atoms with E-state index in [-0.39, 0.29) is 5.69 Å². The second-order valence-electron chi connectivity index (χ2n) is 4.80. The van der Waals surface area contributed by atoms with Gasteiger partial charge in [0.1, 0.15) is 5.82 Å². The lowest BCUT2D eigenvalue weighted by molar-refractivity contribution is 0.495. The molecule has 0 bridgehead atoms. The fourth-order valence-electron chi connectivity index (χ4n) is 2.44. The Hall–Kier alpha value is -1.24. The van der Waals surface area contributed by atoms with E-state index in [9.17, 15) is 21.6 Å². The van der Waals surface area contributed by atoms with Crippen LogP contribution in [-0.2, 0) is 9.84 Å². The van der Waals surface area contributed by atoms with Crippen molar-refractivity contribution in [1.29, 1.82) is 0 Å². The molecule has 0 spiro atoms. The maximum Gasteiger partial charge on any atom is 0.161 e. The molecule has 0 saturated heterocycles. The van der Waals surface area contributed by atoms with E-state index in [1.807, 2.05) is 0 Å². The van der Waals surface area contributed by atoms with Crippen molar-refractivity contribution in [1.82, 2.24) is 0 Å². The molecule has 2 unspecified atom stereocenters. The summed E-state index contributed by atoms with van der Waals surface area (Å²) in [5.41, 5.74) is -0.209. The van der Waals surface area contributed by atoms with Gasteiger partial charge in [0.15, 0.2) is 21.5 Å².